The molecular weight excluding hydrogens is 227 g/mol. The molecular formula is C11H17O4P. The SMILES string of the molecule is COP(=O)(CC(O)Cc1ccccc1)OC. The fourth-order valence-corrected chi connectivity index (χ4v) is 2.52. The molecule has 0 spiro atoms. The molecule has 1 aromatic carbocycles. The number of aliphatic hydroxyl groups is 1. The van der Waals surface area contributed by atoms with Gasteiger partial charge < -0.3 is 14.2 Å². The summed E-state index contributed by atoms with van der Waals surface area (Å²) in [7, 11) is -0.486. The maximum Gasteiger partial charge on any atom is 0.332 e. The van der Waals surface area contributed by atoms with Crippen molar-refractivity contribution in [2.75, 3.05) is 20.4 Å². The van der Waals surface area contributed by atoms with E-state index < -0.39 is 13.7 Å². The lowest BCUT2D eigenvalue weighted by atomic mass is 10.1. The average Bonchev–Trinajstić information content (AvgIpc) is 2.30. The van der Waals surface area contributed by atoms with Crippen molar-refractivity contribution in [1.82, 2.24) is 0 Å². The summed E-state index contributed by atoms with van der Waals surface area (Å²) in [5, 5.41) is 9.77. The van der Waals surface area contributed by atoms with Crippen molar-refractivity contribution in [2.24, 2.45) is 0 Å². The van der Waals surface area contributed by atoms with Crippen LogP contribution >= 0.6 is 7.60 Å². The van der Waals surface area contributed by atoms with Gasteiger partial charge in [0.25, 0.3) is 0 Å². The van der Waals surface area contributed by atoms with Crippen LogP contribution in [-0.2, 0) is 20.0 Å². The van der Waals surface area contributed by atoms with Crippen LogP contribution in [0.15, 0.2) is 30.3 Å². The van der Waals surface area contributed by atoms with E-state index in [1.165, 1.54) is 14.2 Å². The molecule has 4 nitrogen and oxygen atoms in total. The minimum Gasteiger partial charge on any atom is -0.392 e. The number of aliphatic hydroxyl groups excluding tert-OH is 1. The maximum absolute atomic E-state index is 11.7. The van der Waals surface area contributed by atoms with Gasteiger partial charge in [0.1, 0.15) is 0 Å². The van der Waals surface area contributed by atoms with E-state index in [9.17, 15) is 9.67 Å². The molecule has 0 aliphatic carbocycles. The minimum atomic E-state index is -3.12. The zero-order chi connectivity index (χ0) is 12.0. The molecule has 1 N–H and O–H groups in total. The third-order valence-electron chi connectivity index (χ3n) is 2.30. The summed E-state index contributed by atoms with van der Waals surface area (Å²) >= 11 is 0. The second-order valence-corrected chi connectivity index (χ2v) is 5.82. The van der Waals surface area contributed by atoms with Crippen molar-refractivity contribution in [3.05, 3.63) is 35.9 Å². The van der Waals surface area contributed by atoms with E-state index in [0.29, 0.717) is 6.42 Å². The summed E-state index contributed by atoms with van der Waals surface area (Å²) in [5.41, 5.74) is 0.994. The topological polar surface area (TPSA) is 55.8 Å². The van der Waals surface area contributed by atoms with Crippen LogP contribution in [-0.4, -0.2) is 31.6 Å². The third kappa shape index (κ3) is 4.06. The molecule has 1 atom stereocenters. The van der Waals surface area contributed by atoms with E-state index >= 15 is 0 Å². The second kappa shape index (κ2) is 6.16. The number of hydrogen-bond acceptors (Lipinski definition) is 4. The highest BCUT2D eigenvalue weighted by Crippen LogP contribution is 2.46. The van der Waals surface area contributed by atoms with E-state index in [1.807, 2.05) is 30.3 Å². The summed E-state index contributed by atoms with van der Waals surface area (Å²) in [5.74, 6) is 0. The molecule has 0 aliphatic heterocycles. The van der Waals surface area contributed by atoms with Gasteiger partial charge >= 0.3 is 7.60 Å². The van der Waals surface area contributed by atoms with Gasteiger partial charge in [-0.1, -0.05) is 30.3 Å². The lowest BCUT2D eigenvalue weighted by Gasteiger charge is -2.17. The van der Waals surface area contributed by atoms with Gasteiger partial charge in [-0.3, -0.25) is 4.57 Å². The van der Waals surface area contributed by atoms with Crippen molar-refractivity contribution >= 4 is 7.60 Å². The Labute approximate surface area is 95.7 Å². The van der Waals surface area contributed by atoms with Crippen LogP contribution in [0.4, 0.5) is 0 Å². The van der Waals surface area contributed by atoms with Gasteiger partial charge in [-0.25, -0.2) is 0 Å². The van der Waals surface area contributed by atoms with Crippen LogP contribution in [0.5, 0.6) is 0 Å². The summed E-state index contributed by atoms with van der Waals surface area (Å²) < 4.78 is 21.3. The van der Waals surface area contributed by atoms with Gasteiger partial charge in [0, 0.05) is 14.2 Å². The lowest BCUT2D eigenvalue weighted by molar-refractivity contribution is 0.181. The van der Waals surface area contributed by atoms with Gasteiger partial charge in [-0.15, -0.1) is 0 Å². The van der Waals surface area contributed by atoms with Crippen LogP contribution in [0.1, 0.15) is 5.56 Å². The van der Waals surface area contributed by atoms with Crippen LogP contribution in [0.2, 0.25) is 0 Å². The Morgan fingerprint density at radius 1 is 1.25 bits per heavy atom. The molecule has 5 heteroatoms. The Morgan fingerprint density at radius 3 is 2.31 bits per heavy atom. The summed E-state index contributed by atoms with van der Waals surface area (Å²) in [6.45, 7) is 0. The molecule has 1 aromatic rings. The molecule has 90 valence electrons. The molecule has 0 amide bonds. The van der Waals surface area contributed by atoms with Crippen LogP contribution in [0.25, 0.3) is 0 Å². The first-order chi connectivity index (χ1) is 7.59. The van der Waals surface area contributed by atoms with E-state index in [0.717, 1.165) is 5.56 Å². The molecule has 0 radical (unpaired) electrons. The van der Waals surface area contributed by atoms with E-state index in [1.54, 1.807) is 0 Å². The Balaban J connectivity index is 2.54. The molecule has 0 saturated heterocycles. The van der Waals surface area contributed by atoms with E-state index in [4.69, 9.17) is 9.05 Å². The Kier molecular flexibility index (Phi) is 5.16. The highest BCUT2D eigenvalue weighted by molar-refractivity contribution is 7.53. The predicted octanol–water partition coefficient (Wildman–Crippen LogP) is 2.08. The first-order valence-electron chi connectivity index (χ1n) is 5.02. The maximum atomic E-state index is 11.7. The quantitative estimate of drug-likeness (QED) is 0.778. The molecule has 0 aromatic heterocycles. The first kappa shape index (κ1) is 13.4. The molecule has 16 heavy (non-hydrogen) atoms. The van der Waals surface area contributed by atoms with Crippen LogP contribution in [0, 0.1) is 0 Å². The Hall–Kier alpha value is -0.670. The summed E-state index contributed by atoms with van der Waals surface area (Å²) in [6.07, 6.45) is -0.278. The van der Waals surface area contributed by atoms with Gasteiger partial charge in [-0.2, -0.15) is 0 Å². The Bertz CT molecular complexity index is 344. The van der Waals surface area contributed by atoms with Crippen LogP contribution < -0.4 is 0 Å². The van der Waals surface area contributed by atoms with Crippen molar-refractivity contribution in [3.8, 4) is 0 Å². The van der Waals surface area contributed by atoms with Crippen molar-refractivity contribution in [3.63, 3.8) is 0 Å². The summed E-state index contributed by atoms with van der Waals surface area (Å²) in [4.78, 5) is 0. The average molecular weight is 244 g/mol. The predicted molar refractivity (Wildman–Crippen MR) is 62.6 cm³/mol. The highest BCUT2D eigenvalue weighted by Gasteiger charge is 2.25. The third-order valence-corrected chi connectivity index (χ3v) is 4.29. The smallest absolute Gasteiger partial charge is 0.332 e. The fraction of sp³-hybridized carbons (Fsp3) is 0.455. The van der Waals surface area contributed by atoms with Gasteiger partial charge in [-0.05, 0) is 12.0 Å². The molecule has 1 rings (SSSR count). The number of benzene rings is 1. The monoisotopic (exact) mass is 244 g/mol. The van der Waals surface area contributed by atoms with Gasteiger partial charge in [0.05, 0.1) is 12.3 Å². The van der Waals surface area contributed by atoms with Crippen molar-refractivity contribution < 1.29 is 18.7 Å². The normalized spacial score (nSPS) is 13.7. The number of rotatable bonds is 6. The second-order valence-electron chi connectivity index (χ2n) is 3.50. The van der Waals surface area contributed by atoms with Crippen molar-refractivity contribution in [2.45, 2.75) is 12.5 Å². The first-order valence-corrected chi connectivity index (χ1v) is 6.75. The molecule has 0 bridgehead atoms. The largest absolute Gasteiger partial charge is 0.392 e. The molecule has 0 aliphatic rings. The molecule has 0 saturated carbocycles. The molecule has 0 heterocycles. The van der Waals surface area contributed by atoms with Crippen molar-refractivity contribution in [1.29, 1.82) is 0 Å². The molecule has 1 unspecified atom stereocenters. The number of hydrogen-bond donors (Lipinski definition) is 1. The highest BCUT2D eigenvalue weighted by atomic mass is 31.2. The molecule has 0 fully saturated rings. The minimum absolute atomic E-state index is 0.00882. The van der Waals surface area contributed by atoms with Crippen LogP contribution in [0.3, 0.4) is 0 Å². The Morgan fingerprint density at radius 2 is 1.81 bits per heavy atom. The van der Waals surface area contributed by atoms with Gasteiger partial charge in [0.15, 0.2) is 0 Å². The lowest BCUT2D eigenvalue weighted by Crippen LogP contribution is -2.17. The zero-order valence-electron chi connectivity index (χ0n) is 9.50. The van der Waals surface area contributed by atoms with E-state index in [2.05, 4.69) is 0 Å². The van der Waals surface area contributed by atoms with E-state index in [-0.39, 0.29) is 6.16 Å². The van der Waals surface area contributed by atoms with Gasteiger partial charge in [0.2, 0.25) is 0 Å². The standard InChI is InChI=1S/C11H17O4P/c1-14-16(13,15-2)9-11(12)8-10-6-4-3-5-7-10/h3-7,11-12H,8-9H2,1-2H3. The zero-order valence-corrected chi connectivity index (χ0v) is 10.4. The summed E-state index contributed by atoms with van der Waals surface area (Å²) in [6, 6.07) is 9.52. The fourth-order valence-electron chi connectivity index (χ4n) is 1.43.